The number of carbonyl (C=O) groups is 1. The van der Waals surface area contributed by atoms with Crippen LogP contribution in [0.15, 0.2) is 47.6 Å². The van der Waals surface area contributed by atoms with E-state index in [9.17, 15) is 4.79 Å². The fourth-order valence-corrected chi connectivity index (χ4v) is 1.88. The summed E-state index contributed by atoms with van der Waals surface area (Å²) in [5, 5.41) is 5.93. The van der Waals surface area contributed by atoms with Crippen LogP contribution < -0.4 is 10.6 Å². The SMILES string of the molecule is CCC(C)(C)N/C=C\C(=N/C)NC(=O)OC(C)(C)c1ccccc1. The van der Waals surface area contributed by atoms with Gasteiger partial charge in [-0.25, -0.2) is 4.79 Å². The van der Waals surface area contributed by atoms with Crippen molar-refractivity contribution in [1.82, 2.24) is 10.6 Å². The van der Waals surface area contributed by atoms with E-state index in [1.165, 1.54) is 0 Å². The van der Waals surface area contributed by atoms with Crippen LogP contribution in [0.4, 0.5) is 4.79 Å². The topological polar surface area (TPSA) is 62.7 Å². The first kappa shape index (κ1) is 19.7. The lowest BCUT2D eigenvalue weighted by Crippen LogP contribution is -2.37. The minimum atomic E-state index is -0.726. The molecular weight excluding hydrogens is 302 g/mol. The molecule has 0 radical (unpaired) electrons. The van der Waals surface area contributed by atoms with Crippen LogP contribution in [-0.2, 0) is 10.3 Å². The lowest BCUT2D eigenvalue weighted by molar-refractivity contribution is 0.0398. The zero-order valence-electron chi connectivity index (χ0n) is 15.5. The highest BCUT2D eigenvalue weighted by atomic mass is 16.6. The molecule has 24 heavy (non-hydrogen) atoms. The summed E-state index contributed by atoms with van der Waals surface area (Å²) in [5.74, 6) is 0.434. The van der Waals surface area contributed by atoms with Gasteiger partial charge < -0.3 is 10.1 Å². The molecule has 0 unspecified atom stereocenters. The van der Waals surface area contributed by atoms with Gasteiger partial charge in [-0.2, -0.15) is 0 Å². The van der Waals surface area contributed by atoms with Crippen molar-refractivity contribution in [2.75, 3.05) is 7.05 Å². The maximum absolute atomic E-state index is 12.1. The number of nitrogens with zero attached hydrogens (tertiary/aromatic N) is 1. The lowest BCUT2D eigenvalue weighted by Gasteiger charge is -2.25. The van der Waals surface area contributed by atoms with E-state index in [0.717, 1.165) is 12.0 Å². The zero-order chi connectivity index (χ0) is 18.2. The smallest absolute Gasteiger partial charge is 0.413 e. The first-order valence-corrected chi connectivity index (χ1v) is 8.17. The number of amidine groups is 1. The highest BCUT2D eigenvalue weighted by Gasteiger charge is 2.25. The summed E-state index contributed by atoms with van der Waals surface area (Å²) in [6, 6.07) is 9.62. The maximum atomic E-state index is 12.1. The van der Waals surface area contributed by atoms with Crippen LogP contribution in [0.3, 0.4) is 0 Å². The molecule has 0 bridgehead atoms. The first-order chi connectivity index (χ1) is 11.2. The molecule has 1 amide bonds. The molecule has 0 aliphatic carbocycles. The number of alkyl carbamates (subject to hydrolysis) is 1. The van der Waals surface area contributed by atoms with Gasteiger partial charge in [0.1, 0.15) is 11.4 Å². The van der Waals surface area contributed by atoms with Gasteiger partial charge in [0.25, 0.3) is 0 Å². The zero-order valence-corrected chi connectivity index (χ0v) is 15.5. The number of hydrogen-bond donors (Lipinski definition) is 2. The predicted molar refractivity (Wildman–Crippen MR) is 99.1 cm³/mol. The molecule has 0 fully saturated rings. The number of rotatable bonds is 6. The minimum Gasteiger partial charge on any atom is -0.438 e. The Morgan fingerprint density at radius 3 is 2.38 bits per heavy atom. The number of ether oxygens (including phenoxy) is 1. The number of hydrogen-bond acceptors (Lipinski definition) is 4. The van der Waals surface area contributed by atoms with Crippen molar-refractivity contribution in [2.45, 2.75) is 52.2 Å². The Bertz CT molecular complexity index is 590. The quantitative estimate of drug-likeness (QED) is 0.612. The molecule has 1 aromatic rings. The summed E-state index contributed by atoms with van der Waals surface area (Å²) < 4.78 is 5.54. The van der Waals surface area contributed by atoms with Gasteiger partial charge in [-0.1, -0.05) is 37.3 Å². The van der Waals surface area contributed by atoms with Gasteiger partial charge in [0.05, 0.1) is 0 Å². The van der Waals surface area contributed by atoms with Crippen LogP contribution in [0.25, 0.3) is 0 Å². The molecule has 0 saturated carbocycles. The molecule has 5 heteroatoms. The van der Waals surface area contributed by atoms with E-state index in [-0.39, 0.29) is 5.54 Å². The molecular formula is C19H29N3O2. The van der Waals surface area contributed by atoms with Crippen molar-refractivity contribution in [1.29, 1.82) is 0 Å². The van der Waals surface area contributed by atoms with E-state index in [1.54, 1.807) is 19.3 Å². The van der Waals surface area contributed by atoms with E-state index in [0.29, 0.717) is 5.84 Å². The van der Waals surface area contributed by atoms with E-state index in [2.05, 4.69) is 36.4 Å². The van der Waals surface area contributed by atoms with Crippen LogP contribution in [0.5, 0.6) is 0 Å². The summed E-state index contributed by atoms with van der Waals surface area (Å²) in [5.41, 5.74) is 0.193. The Hall–Kier alpha value is -2.30. The molecule has 5 nitrogen and oxygen atoms in total. The molecule has 0 heterocycles. The van der Waals surface area contributed by atoms with Gasteiger partial charge in [-0.3, -0.25) is 10.3 Å². The van der Waals surface area contributed by atoms with Gasteiger partial charge in [0.15, 0.2) is 0 Å². The number of amides is 1. The Morgan fingerprint density at radius 1 is 1.21 bits per heavy atom. The highest BCUT2D eigenvalue weighted by molar-refractivity contribution is 6.02. The largest absolute Gasteiger partial charge is 0.438 e. The van der Waals surface area contributed by atoms with Gasteiger partial charge in [-0.15, -0.1) is 0 Å². The van der Waals surface area contributed by atoms with Crippen LogP contribution in [-0.4, -0.2) is 24.5 Å². The van der Waals surface area contributed by atoms with E-state index >= 15 is 0 Å². The summed E-state index contributed by atoms with van der Waals surface area (Å²) in [6.07, 6.45) is 3.95. The molecule has 132 valence electrons. The number of benzene rings is 1. The summed E-state index contributed by atoms with van der Waals surface area (Å²) in [7, 11) is 1.62. The molecule has 0 aliphatic heterocycles. The predicted octanol–water partition coefficient (Wildman–Crippen LogP) is 3.97. The van der Waals surface area contributed by atoms with Crippen molar-refractivity contribution in [3.05, 3.63) is 48.2 Å². The fraction of sp³-hybridized carbons (Fsp3) is 0.474. The van der Waals surface area contributed by atoms with Gasteiger partial charge in [0.2, 0.25) is 0 Å². The third kappa shape index (κ3) is 6.44. The third-order valence-corrected chi connectivity index (χ3v) is 3.89. The normalized spacial score (nSPS) is 13.0. The minimum absolute atomic E-state index is 0.00877. The fourth-order valence-electron chi connectivity index (χ4n) is 1.88. The lowest BCUT2D eigenvalue weighted by atomic mass is 9.98. The van der Waals surface area contributed by atoms with Gasteiger partial charge in [0, 0.05) is 18.8 Å². The summed E-state index contributed by atoms with van der Waals surface area (Å²) in [4.78, 5) is 16.2. The first-order valence-electron chi connectivity index (χ1n) is 8.17. The van der Waals surface area contributed by atoms with Crippen molar-refractivity contribution in [3.8, 4) is 0 Å². The molecule has 1 rings (SSSR count). The Balaban J connectivity index is 2.64. The van der Waals surface area contributed by atoms with E-state index in [1.807, 2.05) is 44.2 Å². The second-order valence-electron chi connectivity index (χ2n) is 6.71. The van der Waals surface area contributed by atoms with Crippen molar-refractivity contribution in [2.24, 2.45) is 4.99 Å². The molecule has 0 aliphatic rings. The van der Waals surface area contributed by atoms with E-state index in [4.69, 9.17) is 4.74 Å². The Morgan fingerprint density at radius 2 is 1.83 bits per heavy atom. The van der Waals surface area contributed by atoms with Crippen LogP contribution in [0, 0.1) is 0 Å². The van der Waals surface area contributed by atoms with Gasteiger partial charge >= 0.3 is 6.09 Å². The van der Waals surface area contributed by atoms with Crippen LogP contribution in [0.2, 0.25) is 0 Å². The number of carbonyl (C=O) groups excluding carboxylic acids is 1. The third-order valence-electron chi connectivity index (χ3n) is 3.89. The second-order valence-corrected chi connectivity index (χ2v) is 6.71. The summed E-state index contributed by atoms with van der Waals surface area (Å²) in [6.45, 7) is 10.0. The molecule has 1 aromatic carbocycles. The molecule has 0 saturated heterocycles. The molecule has 0 spiro atoms. The van der Waals surface area contributed by atoms with E-state index < -0.39 is 11.7 Å². The second kappa shape index (κ2) is 8.52. The van der Waals surface area contributed by atoms with Crippen molar-refractivity contribution < 1.29 is 9.53 Å². The Labute approximate surface area is 145 Å². The molecule has 0 aromatic heterocycles. The molecule has 0 atom stereocenters. The average molecular weight is 331 g/mol. The highest BCUT2D eigenvalue weighted by Crippen LogP contribution is 2.24. The van der Waals surface area contributed by atoms with Crippen molar-refractivity contribution in [3.63, 3.8) is 0 Å². The van der Waals surface area contributed by atoms with Crippen LogP contribution in [0.1, 0.15) is 46.6 Å². The average Bonchev–Trinajstić information content (AvgIpc) is 2.54. The maximum Gasteiger partial charge on any atom is 0.413 e. The number of aliphatic imine (C=N–C) groups is 1. The van der Waals surface area contributed by atoms with Crippen LogP contribution >= 0.6 is 0 Å². The summed E-state index contributed by atoms with van der Waals surface area (Å²) >= 11 is 0. The molecule has 2 N–H and O–H groups in total. The Kier molecular flexibility index (Phi) is 7.01. The number of nitrogens with one attached hydrogen (secondary N) is 2. The standard InChI is InChI=1S/C19H29N3O2/c1-7-18(2,3)21-14-13-16(20-6)22-17(23)24-19(4,5)15-11-9-8-10-12-15/h8-14,21H,7H2,1-6H3,(H,20,22,23)/b14-13-. The van der Waals surface area contributed by atoms with Gasteiger partial charge in [-0.05, 0) is 45.8 Å². The van der Waals surface area contributed by atoms with Crippen molar-refractivity contribution >= 4 is 11.9 Å². The monoisotopic (exact) mass is 331 g/mol.